The average Bonchev–Trinajstić information content (AvgIpc) is 2.56. The summed E-state index contributed by atoms with van der Waals surface area (Å²) in [6.45, 7) is -1.43. The van der Waals surface area contributed by atoms with Gasteiger partial charge in [-0.1, -0.05) is 0 Å². The molecule has 0 fully saturated rings. The fourth-order valence-electron chi connectivity index (χ4n) is 1.00. The van der Waals surface area contributed by atoms with Crippen LogP contribution in [0.1, 0.15) is 11.6 Å². The summed E-state index contributed by atoms with van der Waals surface area (Å²) in [4.78, 5) is 0. The van der Waals surface area contributed by atoms with Crippen molar-refractivity contribution in [3.05, 3.63) is 22.4 Å². The highest BCUT2D eigenvalue weighted by molar-refractivity contribution is 7.07. The predicted molar refractivity (Wildman–Crippen MR) is 48.2 cm³/mol. The normalized spacial score (nSPS) is 14.3. The third-order valence-corrected chi connectivity index (χ3v) is 2.38. The molecule has 0 unspecified atom stereocenters. The van der Waals surface area contributed by atoms with E-state index in [0.717, 1.165) is 0 Å². The number of rotatable bonds is 4. The smallest absolute Gasteiger partial charge is 0.394 e. The average molecular weight is 225 g/mol. The van der Waals surface area contributed by atoms with E-state index in [0.29, 0.717) is 5.56 Å². The lowest BCUT2D eigenvalue weighted by atomic mass is 10.1. The zero-order valence-corrected chi connectivity index (χ0v) is 8.03. The van der Waals surface area contributed by atoms with E-state index < -0.39 is 18.8 Å². The fourth-order valence-corrected chi connectivity index (χ4v) is 1.71. The van der Waals surface area contributed by atoms with E-state index in [1.165, 1.54) is 11.3 Å². The van der Waals surface area contributed by atoms with Crippen molar-refractivity contribution < 1.29 is 18.3 Å². The van der Waals surface area contributed by atoms with Crippen LogP contribution in [-0.2, 0) is 0 Å². The highest BCUT2D eigenvalue weighted by Crippen LogP contribution is 2.18. The predicted octanol–water partition coefficient (Wildman–Crippen LogP) is 1.93. The summed E-state index contributed by atoms with van der Waals surface area (Å²) in [7, 11) is 0. The maximum atomic E-state index is 11.9. The van der Waals surface area contributed by atoms with Gasteiger partial charge in [0, 0.05) is 0 Å². The molecule has 0 saturated heterocycles. The second-order valence-corrected chi connectivity index (χ2v) is 3.57. The quantitative estimate of drug-likeness (QED) is 0.820. The largest absolute Gasteiger partial charge is 0.401 e. The molecule has 80 valence electrons. The van der Waals surface area contributed by atoms with Crippen molar-refractivity contribution in [2.45, 2.75) is 12.2 Å². The number of alkyl halides is 3. The molecule has 1 aromatic heterocycles. The lowest BCUT2D eigenvalue weighted by molar-refractivity contribution is -0.126. The molecule has 0 bridgehead atoms. The Kier molecular flexibility index (Phi) is 3.91. The Morgan fingerprint density at radius 1 is 1.50 bits per heavy atom. The molecule has 0 aromatic carbocycles. The first-order chi connectivity index (χ1) is 6.53. The first kappa shape index (κ1) is 11.5. The molecule has 0 aliphatic heterocycles. The minimum atomic E-state index is -4.25. The molecule has 1 aromatic rings. The molecule has 2 nitrogen and oxygen atoms in total. The molecule has 1 heterocycles. The second-order valence-electron chi connectivity index (χ2n) is 2.79. The Hall–Kier alpha value is -0.590. The molecule has 0 aliphatic carbocycles. The van der Waals surface area contributed by atoms with Gasteiger partial charge in [-0.05, 0) is 22.4 Å². The van der Waals surface area contributed by atoms with E-state index in [-0.39, 0.29) is 6.61 Å². The number of hydrogen-bond donors (Lipinski definition) is 2. The van der Waals surface area contributed by atoms with E-state index in [4.69, 9.17) is 5.11 Å². The summed E-state index contributed by atoms with van der Waals surface area (Å²) in [5.74, 6) is 0. The topological polar surface area (TPSA) is 32.3 Å². The van der Waals surface area contributed by atoms with Gasteiger partial charge in [0.25, 0.3) is 0 Å². The van der Waals surface area contributed by atoms with Crippen molar-refractivity contribution in [1.29, 1.82) is 0 Å². The summed E-state index contributed by atoms with van der Waals surface area (Å²) in [6, 6.07) is 1.05. The van der Waals surface area contributed by atoms with Crippen LogP contribution >= 0.6 is 11.3 Å². The van der Waals surface area contributed by atoms with E-state index in [1.54, 1.807) is 16.8 Å². The van der Waals surface area contributed by atoms with Gasteiger partial charge in [-0.3, -0.25) is 5.32 Å². The van der Waals surface area contributed by atoms with E-state index in [2.05, 4.69) is 5.32 Å². The van der Waals surface area contributed by atoms with Gasteiger partial charge in [-0.15, -0.1) is 0 Å². The first-order valence-electron chi connectivity index (χ1n) is 3.96. The summed E-state index contributed by atoms with van der Waals surface area (Å²) < 4.78 is 35.6. The Labute approximate surface area is 83.4 Å². The molecule has 0 saturated carbocycles. The van der Waals surface area contributed by atoms with E-state index in [1.807, 2.05) is 0 Å². The zero-order chi connectivity index (χ0) is 10.6. The lowest BCUT2D eigenvalue weighted by Gasteiger charge is -2.16. The van der Waals surface area contributed by atoms with Crippen molar-refractivity contribution in [2.75, 3.05) is 13.2 Å². The van der Waals surface area contributed by atoms with Crippen molar-refractivity contribution in [3.63, 3.8) is 0 Å². The maximum Gasteiger partial charge on any atom is 0.401 e. The molecular weight excluding hydrogens is 215 g/mol. The van der Waals surface area contributed by atoms with Crippen LogP contribution in [0.5, 0.6) is 0 Å². The molecule has 1 atom stereocenters. The van der Waals surface area contributed by atoms with E-state index in [9.17, 15) is 13.2 Å². The number of nitrogens with one attached hydrogen (secondary N) is 1. The summed E-state index contributed by atoms with van der Waals surface area (Å²) in [5, 5.41) is 14.6. The molecule has 0 amide bonds. The number of aliphatic hydroxyl groups excluding tert-OH is 1. The van der Waals surface area contributed by atoms with Crippen LogP contribution in [0.4, 0.5) is 13.2 Å². The highest BCUT2D eigenvalue weighted by Gasteiger charge is 2.28. The molecule has 6 heteroatoms. The fraction of sp³-hybridized carbons (Fsp3) is 0.500. The van der Waals surface area contributed by atoms with Crippen LogP contribution in [0.3, 0.4) is 0 Å². The standard InChI is InChI=1S/C8H10F3NOS/c9-8(10,11)5-12-7(3-13)6-1-2-14-4-6/h1-2,4,7,12-13H,3,5H2/t7-/m1/s1. The third kappa shape index (κ3) is 3.65. The Morgan fingerprint density at radius 3 is 2.64 bits per heavy atom. The first-order valence-corrected chi connectivity index (χ1v) is 4.90. The number of hydrogen-bond acceptors (Lipinski definition) is 3. The molecule has 1 rings (SSSR count). The van der Waals surface area contributed by atoms with Gasteiger partial charge in [0.15, 0.2) is 0 Å². The van der Waals surface area contributed by atoms with Crippen molar-refractivity contribution in [2.24, 2.45) is 0 Å². The van der Waals surface area contributed by atoms with Crippen LogP contribution in [0.15, 0.2) is 16.8 Å². The number of thiophene rings is 1. The van der Waals surface area contributed by atoms with Gasteiger partial charge in [0.2, 0.25) is 0 Å². The SMILES string of the molecule is OC[C@@H](NCC(F)(F)F)c1ccsc1. The van der Waals surface area contributed by atoms with Crippen LogP contribution in [0.25, 0.3) is 0 Å². The Morgan fingerprint density at radius 2 is 2.21 bits per heavy atom. The molecule has 2 N–H and O–H groups in total. The van der Waals surface area contributed by atoms with E-state index >= 15 is 0 Å². The number of aliphatic hydroxyl groups is 1. The lowest BCUT2D eigenvalue weighted by Crippen LogP contribution is -2.33. The van der Waals surface area contributed by atoms with Crippen LogP contribution < -0.4 is 5.32 Å². The summed E-state index contributed by atoms with van der Waals surface area (Å²) >= 11 is 1.38. The minimum absolute atomic E-state index is 0.340. The van der Waals surface area contributed by atoms with Gasteiger partial charge in [-0.2, -0.15) is 24.5 Å². The molecule has 0 aliphatic rings. The zero-order valence-electron chi connectivity index (χ0n) is 7.21. The number of halogens is 3. The monoisotopic (exact) mass is 225 g/mol. The maximum absolute atomic E-state index is 11.9. The van der Waals surface area contributed by atoms with Gasteiger partial charge in [0.05, 0.1) is 19.2 Å². The Bertz CT molecular complexity index is 260. The highest BCUT2D eigenvalue weighted by atomic mass is 32.1. The Balaban J connectivity index is 2.49. The summed E-state index contributed by atoms with van der Waals surface area (Å²) in [6.07, 6.45) is -4.25. The molecule has 14 heavy (non-hydrogen) atoms. The van der Waals surface area contributed by atoms with Gasteiger partial charge in [0.1, 0.15) is 0 Å². The van der Waals surface area contributed by atoms with Gasteiger partial charge < -0.3 is 5.11 Å². The van der Waals surface area contributed by atoms with Crippen molar-refractivity contribution in [1.82, 2.24) is 5.32 Å². The molecule has 0 radical (unpaired) electrons. The molecule has 0 spiro atoms. The van der Waals surface area contributed by atoms with Crippen LogP contribution in [0.2, 0.25) is 0 Å². The van der Waals surface area contributed by atoms with Gasteiger partial charge >= 0.3 is 6.18 Å². The van der Waals surface area contributed by atoms with Crippen LogP contribution in [0, 0.1) is 0 Å². The third-order valence-electron chi connectivity index (χ3n) is 1.68. The second kappa shape index (κ2) is 4.77. The summed E-state index contributed by atoms with van der Waals surface area (Å²) in [5.41, 5.74) is 0.682. The minimum Gasteiger partial charge on any atom is -0.394 e. The van der Waals surface area contributed by atoms with Crippen LogP contribution in [-0.4, -0.2) is 24.4 Å². The van der Waals surface area contributed by atoms with Crippen molar-refractivity contribution in [3.8, 4) is 0 Å². The molecular formula is C8H10F3NOS. The van der Waals surface area contributed by atoms with Crippen molar-refractivity contribution >= 4 is 11.3 Å². The van der Waals surface area contributed by atoms with Gasteiger partial charge in [-0.25, -0.2) is 0 Å².